The molecule has 7 nitrogen and oxygen atoms in total. The van der Waals surface area contributed by atoms with Gasteiger partial charge < -0.3 is 15.5 Å². The minimum Gasteiger partial charge on any atom is -0.368 e. The van der Waals surface area contributed by atoms with Crippen LogP contribution in [0.25, 0.3) is 16.8 Å². The lowest BCUT2D eigenvalue weighted by molar-refractivity contribution is -0.131. The van der Waals surface area contributed by atoms with Crippen molar-refractivity contribution in [2.24, 2.45) is 0 Å². The summed E-state index contributed by atoms with van der Waals surface area (Å²) in [6.45, 7) is 5.60. The lowest BCUT2D eigenvalue weighted by Gasteiger charge is -2.23. The van der Waals surface area contributed by atoms with Crippen LogP contribution in [0.1, 0.15) is 25.3 Å². The Morgan fingerprint density at radius 2 is 2.11 bits per heavy atom. The number of aromatic nitrogens is 3. The van der Waals surface area contributed by atoms with E-state index in [0.717, 1.165) is 42.1 Å². The highest BCUT2D eigenvalue weighted by atomic mass is 16.2. The van der Waals surface area contributed by atoms with Crippen LogP contribution in [0, 0.1) is 0 Å². The van der Waals surface area contributed by atoms with Crippen LogP contribution in [0.15, 0.2) is 42.7 Å². The zero-order valence-corrected chi connectivity index (χ0v) is 16.2. The fourth-order valence-electron chi connectivity index (χ4n) is 3.52. The van der Waals surface area contributed by atoms with Gasteiger partial charge in [0.1, 0.15) is 5.82 Å². The van der Waals surface area contributed by atoms with Crippen LogP contribution in [-0.2, 0) is 11.3 Å². The van der Waals surface area contributed by atoms with E-state index in [1.54, 1.807) is 4.52 Å². The average Bonchev–Trinajstić information content (AvgIpc) is 3.13. The highest BCUT2D eigenvalue weighted by Crippen LogP contribution is 2.25. The average molecular weight is 378 g/mol. The van der Waals surface area contributed by atoms with E-state index in [9.17, 15) is 4.79 Å². The van der Waals surface area contributed by atoms with Crippen molar-refractivity contribution in [2.75, 3.05) is 31.5 Å². The number of amides is 1. The zero-order chi connectivity index (χ0) is 19.3. The second kappa shape index (κ2) is 8.39. The molecule has 0 saturated carbocycles. The summed E-state index contributed by atoms with van der Waals surface area (Å²) in [5, 5.41) is 11.3. The molecule has 146 valence electrons. The maximum Gasteiger partial charge on any atom is 0.222 e. The number of fused-ring (bicyclic) bond motifs is 4. The van der Waals surface area contributed by atoms with Gasteiger partial charge in [-0.3, -0.25) is 4.79 Å². The van der Waals surface area contributed by atoms with E-state index in [1.807, 2.05) is 30.3 Å². The summed E-state index contributed by atoms with van der Waals surface area (Å²) < 4.78 is 1.79. The Hall–Kier alpha value is -2.93. The van der Waals surface area contributed by atoms with Crippen molar-refractivity contribution in [3.8, 4) is 11.1 Å². The van der Waals surface area contributed by atoms with Crippen LogP contribution in [0.5, 0.6) is 0 Å². The van der Waals surface area contributed by atoms with Crippen LogP contribution in [0.2, 0.25) is 0 Å². The van der Waals surface area contributed by atoms with Crippen LogP contribution in [0.4, 0.5) is 5.82 Å². The molecule has 0 aliphatic carbocycles. The van der Waals surface area contributed by atoms with Gasteiger partial charge in [-0.1, -0.05) is 25.1 Å². The van der Waals surface area contributed by atoms with Gasteiger partial charge >= 0.3 is 0 Å². The van der Waals surface area contributed by atoms with Crippen LogP contribution in [-0.4, -0.2) is 51.6 Å². The standard InChI is InChI=1S/C21H26N6O/c1-2-4-20(28)26-11-8-22-14-16-5-3-6-17(13-16)18-15-24-27-10-7-19(23-9-12-26)25-21(18)27/h3,5-7,10,13,15,22H,2,4,8-9,11-12,14H2,1H3,(H,23,25). The number of nitrogens with zero attached hydrogens (tertiary/aromatic N) is 4. The van der Waals surface area contributed by atoms with Gasteiger partial charge in [-0.25, -0.2) is 9.50 Å². The van der Waals surface area contributed by atoms with Gasteiger partial charge in [0.15, 0.2) is 5.65 Å². The summed E-state index contributed by atoms with van der Waals surface area (Å²) in [5.74, 6) is 1.00. The van der Waals surface area contributed by atoms with Crippen molar-refractivity contribution in [1.29, 1.82) is 0 Å². The number of hydrogen-bond donors (Lipinski definition) is 2. The van der Waals surface area contributed by atoms with Crippen LogP contribution >= 0.6 is 0 Å². The quantitative estimate of drug-likeness (QED) is 0.717. The Balaban J connectivity index is 1.66. The van der Waals surface area contributed by atoms with Crippen molar-refractivity contribution in [1.82, 2.24) is 24.8 Å². The van der Waals surface area contributed by atoms with Gasteiger partial charge in [0.05, 0.1) is 6.20 Å². The summed E-state index contributed by atoms with van der Waals surface area (Å²) >= 11 is 0. The molecule has 0 unspecified atom stereocenters. The van der Waals surface area contributed by atoms with E-state index in [0.29, 0.717) is 26.1 Å². The molecule has 0 saturated heterocycles. The van der Waals surface area contributed by atoms with Gasteiger partial charge in [0, 0.05) is 50.9 Å². The number of rotatable bonds is 2. The Morgan fingerprint density at radius 3 is 3.00 bits per heavy atom. The van der Waals surface area contributed by atoms with Crippen molar-refractivity contribution in [3.05, 3.63) is 48.3 Å². The SMILES string of the molecule is CCCC(=O)N1CCNCc2cccc(c2)-c2cnn3ccc(nc23)NCC1. The number of carbonyl (C=O) groups excluding carboxylic acids is 1. The molecule has 0 fully saturated rings. The predicted octanol–water partition coefficient (Wildman–Crippen LogP) is 2.54. The van der Waals surface area contributed by atoms with Gasteiger partial charge in [-0.15, -0.1) is 0 Å². The minimum atomic E-state index is 0.207. The van der Waals surface area contributed by atoms with Crippen LogP contribution in [0.3, 0.4) is 0 Å². The number of benzene rings is 1. The number of nitrogens with one attached hydrogen (secondary N) is 2. The molecule has 3 aromatic rings. The second-order valence-corrected chi connectivity index (χ2v) is 7.07. The summed E-state index contributed by atoms with van der Waals surface area (Å²) in [4.78, 5) is 19.1. The molecule has 4 rings (SSSR count). The van der Waals surface area contributed by atoms with Gasteiger partial charge in [0.25, 0.3) is 0 Å². The summed E-state index contributed by atoms with van der Waals surface area (Å²) in [6, 6.07) is 10.4. The molecule has 7 heteroatoms. The van der Waals surface area contributed by atoms with E-state index in [2.05, 4.69) is 40.0 Å². The third-order valence-corrected chi connectivity index (χ3v) is 5.00. The molecule has 3 heterocycles. The van der Waals surface area contributed by atoms with Crippen LogP contribution < -0.4 is 10.6 Å². The number of hydrogen-bond acceptors (Lipinski definition) is 5. The third-order valence-electron chi connectivity index (χ3n) is 5.00. The Bertz CT molecular complexity index is 966. The first-order valence-corrected chi connectivity index (χ1v) is 9.90. The third kappa shape index (κ3) is 3.99. The number of carbonyl (C=O) groups is 1. The summed E-state index contributed by atoms with van der Waals surface area (Å²) in [7, 11) is 0. The molecule has 0 spiro atoms. The van der Waals surface area contributed by atoms with Crippen molar-refractivity contribution < 1.29 is 4.79 Å². The second-order valence-electron chi connectivity index (χ2n) is 7.07. The van der Waals surface area contributed by atoms with E-state index in [1.165, 1.54) is 5.56 Å². The predicted molar refractivity (Wildman–Crippen MR) is 110 cm³/mol. The highest BCUT2D eigenvalue weighted by molar-refractivity contribution is 5.78. The summed E-state index contributed by atoms with van der Waals surface area (Å²) in [5.41, 5.74) is 4.14. The monoisotopic (exact) mass is 378 g/mol. The maximum atomic E-state index is 12.4. The lowest BCUT2D eigenvalue weighted by Crippen LogP contribution is -2.39. The number of anilines is 1. The summed E-state index contributed by atoms with van der Waals surface area (Å²) in [6.07, 6.45) is 5.23. The Labute approximate surface area is 164 Å². The largest absolute Gasteiger partial charge is 0.368 e. The Kier molecular flexibility index (Phi) is 5.53. The molecule has 2 aromatic heterocycles. The van der Waals surface area contributed by atoms with Crippen molar-refractivity contribution >= 4 is 17.4 Å². The van der Waals surface area contributed by atoms with E-state index in [-0.39, 0.29) is 5.91 Å². The van der Waals surface area contributed by atoms with E-state index >= 15 is 0 Å². The molecule has 1 aliphatic rings. The molecule has 4 bridgehead atoms. The first-order chi connectivity index (χ1) is 13.7. The molecule has 0 radical (unpaired) electrons. The molecule has 28 heavy (non-hydrogen) atoms. The van der Waals surface area contributed by atoms with Gasteiger partial charge in [-0.05, 0) is 29.7 Å². The first-order valence-electron chi connectivity index (χ1n) is 9.90. The molecule has 0 atom stereocenters. The normalized spacial score (nSPS) is 15.1. The first kappa shape index (κ1) is 18.4. The maximum absolute atomic E-state index is 12.4. The molecule has 1 aromatic carbocycles. The molecular weight excluding hydrogens is 352 g/mol. The minimum absolute atomic E-state index is 0.207. The molecular formula is C21H26N6O. The highest BCUT2D eigenvalue weighted by Gasteiger charge is 2.14. The topological polar surface area (TPSA) is 74.6 Å². The molecule has 2 N–H and O–H groups in total. The zero-order valence-electron chi connectivity index (χ0n) is 16.2. The van der Waals surface area contributed by atoms with E-state index < -0.39 is 0 Å². The molecule has 1 amide bonds. The lowest BCUT2D eigenvalue weighted by atomic mass is 10.1. The van der Waals surface area contributed by atoms with Crippen molar-refractivity contribution in [3.63, 3.8) is 0 Å². The van der Waals surface area contributed by atoms with Gasteiger partial charge in [0.2, 0.25) is 5.91 Å². The molecule has 1 aliphatic heterocycles. The van der Waals surface area contributed by atoms with Crippen molar-refractivity contribution in [2.45, 2.75) is 26.3 Å². The fraction of sp³-hybridized carbons (Fsp3) is 0.381. The van der Waals surface area contributed by atoms with E-state index in [4.69, 9.17) is 4.98 Å². The smallest absolute Gasteiger partial charge is 0.222 e. The van der Waals surface area contributed by atoms with Gasteiger partial charge in [-0.2, -0.15) is 5.10 Å². The fourth-order valence-corrected chi connectivity index (χ4v) is 3.52. The Morgan fingerprint density at radius 1 is 1.21 bits per heavy atom.